The lowest BCUT2D eigenvalue weighted by molar-refractivity contribution is 0.278. The fourth-order valence-electron chi connectivity index (χ4n) is 5.48. The molecule has 1 aliphatic rings. The molecule has 3 rings (SSSR count). The van der Waals surface area contributed by atoms with Gasteiger partial charge in [0.2, 0.25) is 5.82 Å². The summed E-state index contributed by atoms with van der Waals surface area (Å²) < 4.78 is 35.1. The Morgan fingerprint density at radius 3 is 1.97 bits per heavy atom. The van der Waals surface area contributed by atoms with Crippen LogP contribution < -0.4 is 4.74 Å². The molecule has 2 aromatic rings. The lowest BCUT2D eigenvalue weighted by atomic mass is 9.80. The van der Waals surface area contributed by atoms with Gasteiger partial charge in [0, 0.05) is 5.56 Å². The molecule has 0 aliphatic heterocycles. The van der Waals surface area contributed by atoms with Crippen molar-refractivity contribution in [2.24, 2.45) is 11.8 Å². The molecular weight excluding hydrogens is 450 g/mol. The summed E-state index contributed by atoms with van der Waals surface area (Å²) in [5.74, 6) is 0.0352. The predicted molar refractivity (Wildman–Crippen MR) is 149 cm³/mol. The summed E-state index contributed by atoms with van der Waals surface area (Å²) in [4.78, 5) is 0. The van der Waals surface area contributed by atoms with Gasteiger partial charge < -0.3 is 4.74 Å². The first-order valence-corrected chi connectivity index (χ1v) is 14.8. The van der Waals surface area contributed by atoms with E-state index in [0.29, 0.717) is 17.7 Å². The molecule has 3 heteroatoms. The number of hydrogen-bond acceptors (Lipinski definition) is 1. The van der Waals surface area contributed by atoms with Gasteiger partial charge in [0.05, 0.1) is 6.61 Å². The van der Waals surface area contributed by atoms with Crippen molar-refractivity contribution >= 4 is 0 Å². The summed E-state index contributed by atoms with van der Waals surface area (Å²) in [6, 6.07) is 11.2. The molecule has 0 heterocycles. The van der Waals surface area contributed by atoms with Crippen LogP contribution in [-0.4, -0.2) is 6.61 Å². The SMILES string of the molecule is CCCCCCCCCCCCOc1ccc(-c2ccc(CCC3CCC(C)CC3)cc2)c(F)c1F. The maximum absolute atomic E-state index is 14.8. The van der Waals surface area contributed by atoms with Gasteiger partial charge in [-0.2, -0.15) is 4.39 Å². The zero-order valence-electron chi connectivity index (χ0n) is 22.8. The Labute approximate surface area is 219 Å². The van der Waals surface area contributed by atoms with Crippen molar-refractivity contribution < 1.29 is 13.5 Å². The zero-order chi connectivity index (χ0) is 25.6. The molecule has 0 spiro atoms. The fourth-order valence-corrected chi connectivity index (χ4v) is 5.48. The Bertz CT molecular complexity index is 868. The first kappa shape index (κ1) is 28.7. The highest BCUT2D eigenvalue weighted by Crippen LogP contribution is 2.33. The van der Waals surface area contributed by atoms with Crippen molar-refractivity contribution in [2.45, 2.75) is 117 Å². The molecule has 1 aliphatic carbocycles. The van der Waals surface area contributed by atoms with Gasteiger partial charge in [0.25, 0.3) is 0 Å². The van der Waals surface area contributed by atoms with Crippen LogP contribution in [0.5, 0.6) is 5.75 Å². The van der Waals surface area contributed by atoms with E-state index in [1.165, 1.54) is 89.0 Å². The highest BCUT2D eigenvalue weighted by molar-refractivity contribution is 5.65. The number of benzene rings is 2. The van der Waals surface area contributed by atoms with Gasteiger partial charge in [0.1, 0.15) is 0 Å². The molecule has 2 aromatic carbocycles. The van der Waals surface area contributed by atoms with Gasteiger partial charge in [-0.1, -0.05) is 122 Å². The van der Waals surface area contributed by atoms with E-state index >= 15 is 0 Å². The molecule has 0 amide bonds. The summed E-state index contributed by atoms with van der Waals surface area (Å²) in [5, 5.41) is 0. The highest BCUT2D eigenvalue weighted by atomic mass is 19.2. The number of rotatable bonds is 16. The van der Waals surface area contributed by atoms with Gasteiger partial charge in [-0.05, 0) is 54.4 Å². The second-order valence-electron chi connectivity index (χ2n) is 11.1. The van der Waals surface area contributed by atoms with Crippen LogP contribution in [0.1, 0.15) is 116 Å². The van der Waals surface area contributed by atoms with Crippen molar-refractivity contribution in [3.05, 3.63) is 53.6 Å². The Morgan fingerprint density at radius 1 is 0.722 bits per heavy atom. The quantitative estimate of drug-likeness (QED) is 0.209. The molecule has 0 bridgehead atoms. The van der Waals surface area contributed by atoms with Crippen LogP contribution in [0, 0.1) is 23.5 Å². The standard InChI is InChI=1S/C33H48F2O/c1-3-4-5-6-7-8-9-10-11-12-25-36-31-24-23-30(32(34)33(31)35)29-21-19-28(20-22-29)18-17-27-15-13-26(2)14-16-27/h19-24,26-27H,3-18,25H2,1-2H3. The minimum atomic E-state index is -0.879. The number of unbranched alkanes of at least 4 members (excludes halogenated alkanes) is 9. The monoisotopic (exact) mass is 498 g/mol. The Balaban J connectivity index is 1.38. The number of hydrogen-bond donors (Lipinski definition) is 0. The van der Waals surface area contributed by atoms with Crippen LogP contribution in [0.15, 0.2) is 36.4 Å². The molecule has 0 atom stereocenters. The topological polar surface area (TPSA) is 9.23 Å². The largest absolute Gasteiger partial charge is 0.490 e. The van der Waals surface area contributed by atoms with Crippen LogP contribution in [0.4, 0.5) is 8.78 Å². The summed E-state index contributed by atoms with van der Waals surface area (Å²) in [6.45, 7) is 5.03. The summed E-state index contributed by atoms with van der Waals surface area (Å²) >= 11 is 0. The molecule has 0 N–H and O–H groups in total. The molecule has 0 radical (unpaired) electrons. The van der Waals surface area contributed by atoms with Crippen LogP contribution in [0.2, 0.25) is 0 Å². The van der Waals surface area contributed by atoms with Gasteiger partial charge in [-0.25, -0.2) is 4.39 Å². The highest BCUT2D eigenvalue weighted by Gasteiger charge is 2.18. The van der Waals surface area contributed by atoms with Gasteiger partial charge in [-0.15, -0.1) is 0 Å². The van der Waals surface area contributed by atoms with Crippen LogP contribution >= 0.6 is 0 Å². The molecule has 1 saturated carbocycles. The van der Waals surface area contributed by atoms with E-state index in [1.807, 2.05) is 12.1 Å². The minimum absolute atomic E-state index is 0.0191. The molecule has 0 aromatic heterocycles. The Kier molecular flexibility index (Phi) is 12.8. The molecule has 0 unspecified atom stereocenters. The number of halogens is 2. The third-order valence-corrected chi connectivity index (χ3v) is 8.04. The second-order valence-corrected chi connectivity index (χ2v) is 11.1. The van der Waals surface area contributed by atoms with E-state index < -0.39 is 11.6 Å². The average Bonchev–Trinajstić information content (AvgIpc) is 2.90. The summed E-state index contributed by atoms with van der Waals surface area (Å²) in [7, 11) is 0. The van der Waals surface area contributed by atoms with Crippen LogP contribution in [0.25, 0.3) is 11.1 Å². The predicted octanol–water partition coefficient (Wildman–Crippen LogP) is 10.7. The van der Waals surface area contributed by atoms with Crippen LogP contribution in [0.3, 0.4) is 0 Å². The average molecular weight is 499 g/mol. The van der Waals surface area contributed by atoms with E-state index in [1.54, 1.807) is 12.1 Å². The molecular formula is C33H48F2O. The Hall–Kier alpha value is -1.90. The molecule has 1 fully saturated rings. The van der Waals surface area contributed by atoms with Crippen molar-refractivity contribution in [2.75, 3.05) is 6.61 Å². The third kappa shape index (κ3) is 9.52. The minimum Gasteiger partial charge on any atom is -0.490 e. The number of ether oxygens (including phenoxy) is 1. The first-order valence-electron chi connectivity index (χ1n) is 14.8. The molecule has 0 saturated heterocycles. The lowest BCUT2D eigenvalue weighted by Crippen LogP contribution is -2.12. The molecule has 1 nitrogen and oxygen atoms in total. The number of aryl methyl sites for hydroxylation is 1. The fraction of sp³-hybridized carbons (Fsp3) is 0.636. The lowest BCUT2D eigenvalue weighted by Gasteiger charge is -2.26. The van der Waals surface area contributed by atoms with E-state index in [9.17, 15) is 8.78 Å². The van der Waals surface area contributed by atoms with Gasteiger partial charge in [0.15, 0.2) is 11.6 Å². The van der Waals surface area contributed by atoms with Crippen molar-refractivity contribution in [1.29, 1.82) is 0 Å². The van der Waals surface area contributed by atoms with Crippen LogP contribution in [-0.2, 0) is 6.42 Å². The van der Waals surface area contributed by atoms with E-state index in [-0.39, 0.29) is 5.75 Å². The molecule has 36 heavy (non-hydrogen) atoms. The summed E-state index contributed by atoms with van der Waals surface area (Å²) in [5.41, 5.74) is 2.28. The van der Waals surface area contributed by atoms with E-state index in [2.05, 4.69) is 26.0 Å². The van der Waals surface area contributed by atoms with Crippen molar-refractivity contribution in [3.8, 4) is 16.9 Å². The first-order chi connectivity index (χ1) is 17.6. The van der Waals surface area contributed by atoms with Crippen molar-refractivity contribution in [3.63, 3.8) is 0 Å². The smallest absolute Gasteiger partial charge is 0.201 e. The van der Waals surface area contributed by atoms with Gasteiger partial charge >= 0.3 is 0 Å². The third-order valence-electron chi connectivity index (χ3n) is 8.04. The molecule has 200 valence electrons. The van der Waals surface area contributed by atoms with E-state index in [4.69, 9.17) is 4.74 Å². The van der Waals surface area contributed by atoms with E-state index in [0.717, 1.165) is 31.1 Å². The maximum Gasteiger partial charge on any atom is 0.201 e. The second kappa shape index (κ2) is 16.0. The van der Waals surface area contributed by atoms with Gasteiger partial charge in [-0.3, -0.25) is 0 Å². The summed E-state index contributed by atoms with van der Waals surface area (Å²) in [6.07, 6.45) is 20.0. The maximum atomic E-state index is 14.8. The zero-order valence-corrected chi connectivity index (χ0v) is 22.8. The normalized spacial score (nSPS) is 17.9. The van der Waals surface area contributed by atoms with Crippen molar-refractivity contribution in [1.82, 2.24) is 0 Å². The Morgan fingerprint density at radius 2 is 1.33 bits per heavy atom.